The molecule has 4 heteroatoms. The normalized spacial score (nSPS) is 20.3. The van der Waals surface area contributed by atoms with Crippen LogP contribution in [0.15, 0.2) is 30.5 Å². The Bertz CT molecular complexity index is 570. The first kappa shape index (κ1) is 11.7. The first-order chi connectivity index (χ1) is 8.75. The molecule has 0 amide bonds. The van der Waals surface area contributed by atoms with E-state index in [1.807, 2.05) is 30.1 Å². The lowest BCUT2D eigenvalue weighted by Crippen LogP contribution is -2.40. The standard InChI is InChI=1S/C14H17N3S/c1-10-9-18-7-6-17(10)14-4-5-16-13-8-11(15)2-3-12(13)14/h2-5,8,10H,6-7,9,15H2,1H3. The largest absolute Gasteiger partial charge is 0.399 e. The molecular formula is C14H17N3S. The molecule has 0 spiro atoms. The van der Waals surface area contributed by atoms with E-state index in [1.54, 1.807) is 0 Å². The van der Waals surface area contributed by atoms with Crippen LogP contribution in [0.1, 0.15) is 6.92 Å². The Hall–Kier alpha value is -1.42. The fourth-order valence-electron chi connectivity index (χ4n) is 2.49. The number of nitrogens with zero attached hydrogens (tertiary/aromatic N) is 2. The van der Waals surface area contributed by atoms with Gasteiger partial charge in [-0.05, 0) is 31.2 Å². The number of nitrogen functional groups attached to an aromatic ring is 1. The molecule has 1 unspecified atom stereocenters. The summed E-state index contributed by atoms with van der Waals surface area (Å²) in [6.45, 7) is 3.39. The number of anilines is 2. The van der Waals surface area contributed by atoms with Gasteiger partial charge in [0, 0.05) is 47.1 Å². The van der Waals surface area contributed by atoms with Gasteiger partial charge in [0.15, 0.2) is 0 Å². The van der Waals surface area contributed by atoms with Gasteiger partial charge in [-0.3, -0.25) is 4.98 Å². The highest BCUT2D eigenvalue weighted by atomic mass is 32.2. The lowest BCUT2D eigenvalue weighted by molar-refractivity contribution is 0.702. The van der Waals surface area contributed by atoms with Gasteiger partial charge in [0.05, 0.1) is 5.52 Å². The third kappa shape index (κ3) is 2.01. The molecule has 3 rings (SSSR count). The third-order valence-electron chi connectivity index (χ3n) is 3.42. The van der Waals surface area contributed by atoms with E-state index in [4.69, 9.17) is 5.73 Å². The Balaban J connectivity index is 2.10. The predicted octanol–water partition coefficient (Wildman–Crippen LogP) is 2.76. The van der Waals surface area contributed by atoms with E-state index >= 15 is 0 Å². The number of thioether (sulfide) groups is 1. The second-order valence-electron chi connectivity index (χ2n) is 4.72. The molecule has 0 aliphatic carbocycles. The summed E-state index contributed by atoms with van der Waals surface area (Å²) in [7, 11) is 0. The number of benzene rings is 1. The molecule has 0 radical (unpaired) electrons. The van der Waals surface area contributed by atoms with E-state index in [0.717, 1.165) is 17.7 Å². The number of aromatic nitrogens is 1. The Morgan fingerprint density at radius 1 is 1.39 bits per heavy atom. The SMILES string of the molecule is CC1CSCCN1c1ccnc2cc(N)ccc12. The third-order valence-corrected chi connectivity index (χ3v) is 4.61. The van der Waals surface area contributed by atoms with Gasteiger partial charge in [-0.1, -0.05) is 0 Å². The van der Waals surface area contributed by atoms with Gasteiger partial charge >= 0.3 is 0 Å². The van der Waals surface area contributed by atoms with Crippen molar-refractivity contribution in [2.24, 2.45) is 0 Å². The van der Waals surface area contributed by atoms with Crippen LogP contribution in [-0.4, -0.2) is 29.1 Å². The van der Waals surface area contributed by atoms with Gasteiger partial charge in [-0.15, -0.1) is 0 Å². The lowest BCUT2D eigenvalue weighted by atomic mass is 10.1. The minimum Gasteiger partial charge on any atom is -0.399 e. The summed E-state index contributed by atoms with van der Waals surface area (Å²) < 4.78 is 0. The molecule has 1 fully saturated rings. The summed E-state index contributed by atoms with van der Waals surface area (Å²) in [4.78, 5) is 6.89. The fraction of sp³-hybridized carbons (Fsp3) is 0.357. The van der Waals surface area contributed by atoms with Gasteiger partial charge in [0.1, 0.15) is 0 Å². The van der Waals surface area contributed by atoms with Crippen molar-refractivity contribution in [1.82, 2.24) is 4.98 Å². The first-order valence-electron chi connectivity index (χ1n) is 6.24. The zero-order valence-corrected chi connectivity index (χ0v) is 11.3. The van der Waals surface area contributed by atoms with Gasteiger partial charge < -0.3 is 10.6 Å². The van der Waals surface area contributed by atoms with E-state index < -0.39 is 0 Å². The van der Waals surface area contributed by atoms with Gasteiger partial charge in [-0.2, -0.15) is 11.8 Å². The Morgan fingerprint density at radius 3 is 3.11 bits per heavy atom. The maximum Gasteiger partial charge on any atom is 0.0743 e. The summed E-state index contributed by atoms with van der Waals surface area (Å²) in [5, 5.41) is 1.20. The van der Waals surface area contributed by atoms with E-state index in [1.165, 1.54) is 22.6 Å². The minimum atomic E-state index is 0.576. The van der Waals surface area contributed by atoms with Gasteiger partial charge in [-0.25, -0.2) is 0 Å². The summed E-state index contributed by atoms with van der Waals surface area (Å²) in [6.07, 6.45) is 1.88. The van der Waals surface area contributed by atoms with Crippen LogP contribution in [0.5, 0.6) is 0 Å². The van der Waals surface area contributed by atoms with E-state index in [2.05, 4.69) is 28.9 Å². The van der Waals surface area contributed by atoms with Crippen molar-refractivity contribution in [3.05, 3.63) is 30.5 Å². The number of rotatable bonds is 1. The second-order valence-corrected chi connectivity index (χ2v) is 5.87. The zero-order chi connectivity index (χ0) is 12.5. The molecule has 1 saturated heterocycles. The molecule has 1 aromatic carbocycles. The molecule has 0 saturated carbocycles. The Morgan fingerprint density at radius 2 is 2.28 bits per heavy atom. The van der Waals surface area contributed by atoms with Gasteiger partial charge in [0.2, 0.25) is 0 Å². The monoisotopic (exact) mass is 259 g/mol. The quantitative estimate of drug-likeness (QED) is 0.800. The van der Waals surface area contributed by atoms with E-state index in [-0.39, 0.29) is 0 Å². The number of pyridine rings is 1. The Kier molecular flexibility index (Phi) is 3.04. The van der Waals surface area contributed by atoms with Crippen molar-refractivity contribution >= 4 is 34.0 Å². The predicted molar refractivity (Wildman–Crippen MR) is 80.3 cm³/mol. The topological polar surface area (TPSA) is 42.2 Å². The highest BCUT2D eigenvalue weighted by Gasteiger charge is 2.20. The van der Waals surface area contributed by atoms with Crippen LogP contribution in [-0.2, 0) is 0 Å². The average molecular weight is 259 g/mol. The van der Waals surface area contributed by atoms with Crippen LogP contribution < -0.4 is 10.6 Å². The molecule has 18 heavy (non-hydrogen) atoms. The van der Waals surface area contributed by atoms with Crippen molar-refractivity contribution in [2.75, 3.05) is 28.7 Å². The highest BCUT2D eigenvalue weighted by Crippen LogP contribution is 2.30. The second kappa shape index (κ2) is 4.69. The van der Waals surface area contributed by atoms with Crippen LogP contribution >= 0.6 is 11.8 Å². The molecule has 2 heterocycles. The molecular weight excluding hydrogens is 242 g/mol. The van der Waals surface area contributed by atoms with Crippen molar-refractivity contribution in [3.8, 4) is 0 Å². The molecule has 2 aromatic rings. The summed E-state index contributed by atoms with van der Waals surface area (Å²) in [6, 6.07) is 8.68. The van der Waals surface area contributed by atoms with Crippen LogP contribution in [0.25, 0.3) is 10.9 Å². The van der Waals surface area contributed by atoms with Gasteiger partial charge in [0.25, 0.3) is 0 Å². The van der Waals surface area contributed by atoms with Crippen LogP contribution in [0.4, 0.5) is 11.4 Å². The summed E-state index contributed by atoms with van der Waals surface area (Å²) in [5.74, 6) is 2.39. The number of hydrogen-bond acceptors (Lipinski definition) is 4. The number of nitrogens with two attached hydrogens (primary N) is 1. The molecule has 2 N–H and O–H groups in total. The van der Waals surface area contributed by atoms with E-state index in [9.17, 15) is 0 Å². The van der Waals surface area contributed by atoms with Crippen molar-refractivity contribution in [3.63, 3.8) is 0 Å². The molecule has 1 aliphatic heterocycles. The maximum atomic E-state index is 5.82. The van der Waals surface area contributed by atoms with E-state index in [0.29, 0.717) is 6.04 Å². The molecule has 94 valence electrons. The molecule has 1 atom stereocenters. The van der Waals surface area contributed by atoms with Crippen LogP contribution in [0, 0.1) is 0 Å². The van der Waals surface area contributed by atoms with Crippen LogP contribution in [0.3, 0.4) is 0 Å². The fourth-order valence-corrected chi connectivity index (χ4v) is 3.50. The molecule has 3 nitrogen and oxygen atoms in total. The zero-order valence-electron chi connectivity index (χ0n) is 10.5. The smallest absolute Gasteiger partial charge is 0.0743 e. The number of fused-ring (bicyclic) bond motifs is 1. The Labute approximate surface area is 111 Å². The summed E-state index contributed by atoms with van der Waals surface area (Å²) in [5.41, 5.74) is 8.86. The minimum absolute atomic E-state index is 0.576. The van der Waals surface area contributed by atoms with Crippen molar-refractivity contribution in [1.29, 1.82) is 0 Å². The number of hydrogen-bond donors (Lipinski definition) is 1. The van der Waals surface area contributed by atoms with Crippen molar-refractivity contribution < 1.29 is 0 Å². The molecule has 1 aromatic heterocycles. The van der Waals surface area contributed by atoms with Crippen molar-refractivity contribution in [2.45, 2.75) is 13.0 Å². The average Bonchev–Trinajstić information content (AvgIpc) is 2.38. The summed E-state index contributed by atoms with van der Waals surface area (Å²) >= 11 is 2.03. The lowest BCUT2D eigenvalue weighted by Gasteiger charge is -2.35. The maximum absolute atomic E-state index is 5.82. The van der Waals surface area contributed by atoms with Crippen LogP contribution in [0.2, 0.25) is 0 Å². The first-order valence-corrected chi connectivity index (χ1v) is 7.40. The highest BCUT2D eigenvalue weighted by molar-refractivity contribution is 7.99. The molecule has 0 bridgehead atoms. The molecule has 1 aliphatic rings.